The van der Waals surface area contributed by atoms with Crippen molar-refractivity contribution in [3.63, 3.8) is 0 Å². The lowest BCUT2D eigenvalue weighted by molar-refractivity contribution is 0.122. The zero-order chi connectivity index (χ0) is 11.4. The van der Waals surface area contributed by atoms with Gasteiger partial charge in [0.2, 0.25) is 5.88 Å². The summed E-state index contributed by atoms with van der Waals surface area (Å²) in [5.74, 6) is 1.08. The van der Waals surface area contributed by atoms with Gasteiger partial charge in [-0.1, -0.05) is 0 Å². The van der Waals surface area contributed by atoms with Gasteiger partial charge in [0, 0.05) is 30.9 Å². The van der Waals surface area contributed by atoms with Crippen molar-refractivity contribution in [3.05, 3.63) is 12.1 Å². The van der Waals surface area contributed by atoms with E-state index >= 15 is 0 Å². The van der Waals surface area contributed by atoms with E-state index in [0.29, 0.717) is 18.3 Å². The van der Waals surface area contributed by atoms with E-state index in [-0.39, 0.29) is 0 Å². The number of rotatable bonds is 3. The number of morpholine rings is 1. The van der Waals surface area contributed by atoms with Gasteiger partial charge in [-0.3, -0.25) is 0 Å². The van der Waals surface area contributed by atoms with Crippen LogP contribution in [0.4, 0.5) is 11.5 Å². The smallest absolute Gasteiger partial charge is 0.217 e. The summed E-state index contributed by atoms with van der Waals surface area (Å²) in [5, 5.41) is 0. The molecule has 0 atom stereocenters. The molecule has 88 valence electrons. The van der Waals surface area contributed by atoms with E-state index in [1.54, 1.807) is 0 Å². The molecule has 2 rings (SSSR count). The monoisotopic (exact) mass is 223 g/mol. The number of hydrogen-bond acceptors (Lipinski definition) is 5. The minimum Gasteiger partial charge on any atom is -0.478 e. The van der Waals surface area contributed by atoms with Crippen LogP contribution in [0, 0.1) is 0 Å². The fourth-order valence-electron chi connectivity index (χ4n) is 1.74. The van der Waals surface area contributed by atoms with Crippen LogP contribution in [0.1, 0.15) is 6.92 Å². The molecule has 2 heterocycles. The SMILES string of the molecule is CCOc1cc(N2CCOCC2)cc(N)n1. The van der Waals surface area contributed by atoms with Crippen LogP contribution < -0.4 is 15.4 Å². The fraction of sp³-hybridized carbons (Fsp3) is 0.545. The highest BCUT2D eigenvalue weighted by atomic mass is 16.5. The molecular weight excluding hydrogens is 206 g/mol. The first kappa shape index (κ1) is 11.0. The topological polar surface area (TPSA) is 60.6 Å². The normalized spacial score (nSPS) is 16.2. The average Bonchev–Trinajstić information content (AvgIpc) is 2.30. The number of pyridine rings is 1. The lowest BCUT2D eigenvalue weighted by Gasteiger charge is -2.29. The maximum Gasteiger partial charge on any atom is 0.217 e. The van der Waals surface area contributed by atoms with Gasteiger partial charge in [-0.05, 0) is 6.92 Å². The minimum absolute atomic E-state index is 0.493. The second-order valence-electron chi connectivity index (χ2n) is 3.62. The molecule has 1 saturated heterocycles. The molecule has 1 aliphatic heterocycles. The van der Waals surface area contributed by atoms with Crippen LogP contribution in [0.25, 0.3) is 0 Å². The molecule has 5 nitrogen and oxygen atoms in total. The van der Waals surface area contributed by atoms with E-state index < -0.39 is 0 Å². The largest absolute Gasteiger partial charge is 0.478 e. The summed E-state index contributed by atoms with van der Waals surface area (Å²) in [6.45, 7) is 5.81. The minimum atomic E-state index is 0.493. The highest BCUT2D eigenvalue weighted by molar-refractivity contribution is 5.55. The van der Waals surface area contributed by atoms with Gasteiger partial charge in [-0.15, -0.1) is 0 Å². The number of nitrogens with zero attached hydrogens (tertiary/aromatic N) is 2. The predicted octanol–water partition coefficient (Wildman–Crippen LogP) is 0.899. The van der Waals surface area contributed by atoms with Crippen molar-refractivity contribution in [2.24, 2.45) is 0 Å². The van der Waals surface area contributed by atoms with Crippen LogP contribution in [-0.4, -0.2) is 37.9 Å². The zero-order valence-corrected chi connectivity index (χ0v) is 9.48. The van der Waals surface area contributed by atoms with E-state index in [9.17, 15) is 0 Å². The van der Waals surface area contributed by atoms with Crippen LogP contribution in [0.5, 0.6) is 5.88 Å². The molecule has 1 aromatic rings. The summed E-state index contributed by atoms with van der Waals surface area (Å²) in [5.41, 5.74) is 6.80. The van der Waals surface area contributed by atoms with Crippen LogP contribution in [-0.2, 0) is 4.74 Å². The summed E-state index contributed by atoms with van der Waals surface area (Å²) in [4.78, 5) is 6.34. The molecule has 0 aromatic carbocycles. The van der Waals surface area contributed by atoms with Crippen molar-refractivity contribution in [1.82, 2.24) is 4.98 Å². The quantitative estimate of drug-likeness (QED) is 0.825. The Morgan fingerprint density at radius 1 is 1.44 bits per heavy atom. The van der Waals surface area contributed by atoms with Crippen molar-refractivity contribution < 1.29 is 9.47 Å². The van der Waals surface area contributed by atoms with Gasteiger partial charge in [-0.25, -0.2) is 0 Å². The second-order valence-corrected chi connectivity index (χ2v) is 3.62. The van der Waals surface area contributed by atoms with Crippen molar-refractivity contribution >= 4 is 11.5 Å². The predicted molar refractivity (Wildman–Crippen MR) is 62.9 cm³/mol. The fourth-order valence-corrected chi connectivity index (χ4v) is 1.74. The molecule has 16 heavy (non-hydrogen) atoms. The third kappa shape index (κ3) is 2.55. The highest BCUT2D eigenvalue weighted by Gasteiger charge is 2.13. The van der Waals surface area contributed by atoms with Gasteiger partial charge in [0.25, 0.3) is 0 Å². The molecule has 1 aliphatic rings. The first-order valence-electron chi connectivity index (χ1n) is 5.52. The Bertz CT molecular complexity index is 351. The van der Waals surface area contributed by atoms with Gasteiger partial charge >= 0.3 is 0 Å². The third-order valence-corrected chi connectivity index (χ3v) is 2.47. The molecule has 5 heteroatoms. The number of ether oxygens (including phenoxy) is 2. The number of anilines is 2. The highest BCUT2D eigenvalue weighted by Crippen LogP contribution is 2.23. The summed E-state index contributed by atoms with van der Waals surface area (Å²) in [7, 11) is 0. The molecule has 0 spiro atoms. The molecule has 0 radical (unpaired) electrons. The molecule has 0 unspecified atom stereocenters. The van der Waals surface area contributed by atoms with Gasteiger partial charge in [0.15, 0.2) is 0 Å². The van der Waals surface area contributed by atoms with E-state index in [2.05, 4.69) is 9.88 Å². The van der Waals surface area contributed by atoms with Gasteiger partial charge in [0.05, 0.1) is 19.8 Å². The molecule has 1 aromatic heterocycles. The Morgan fingerprint density at radius 2 is 2.19 bits per heavy atom. The van der Waals surface area contributed by atoms with E-state index in [1.807, 2.05) is 19.1 Å². The summed E-state index contributed by atoms with van der Waals surface area (Å²) in [6.07, 6.45) is 0. The zero-order valence-electron chi connectivity index (χ0n) is 9.48. The van der Waals surface area contributed by atoms with Gasteiger partial charge in [0.1, 0.15) is 5.82 Å². The lowest BCUT2D eigenvalue weighted by Crippen LogP contribution is -2.36. The molecular formula is C11H17N3O2. The first-order valence-corrected chi connectivity index (χ1v) is 5.52. The number of nitrogen functional groups attached to an aromatic ring is 1. The standard InChI is InChI=1S/C11H17N3O2/c1-2-16-11-8-9(7-10(12)13-11)14-3-5-15-6-4-14/h7-8H,2-6H2,1H3,(H2,12,13). The van der Waals surface area contributed by atoms with Crippen molar-refractivity contribution in [2.75, 3.05) is 43.5 Å². The summed E-state index contributed by atoms with van der Waals surface area (Å²) >= 11 is 0. The maximum atomic E-state index is 5.75. The molecule has 0 amide bonds. The number of aromatic nitrogens is 1. The van der Waals surface area contributed by atoms with E-state index in [1.165, 1.54) is 0 Å². The Labute approximate surface area is 95.2 Å². The van der Waals surface area contributed by atoms with Crippen LogP contribution in [0.2, 0.25) is 0 Å². The Morgan fingerprint density at radius 3 is 2.88 bits per heavy atom. The molecule has 0 bridgehead atoms. The third-order valence-electron chi connectivity index (χ3n) is 2.47. The van der Waals surface area contributed by atoms with Gasteiger partial charge in [-0.2, -0.15) is 4.98 Å². The summed E-state index contributed by atoms with van der Waals surface area (Å²) in [6, 6.07) is 3.79. The van der Waals surface area contributed by atoms with Crippen LogP contribution in [0.15, 0.2) is 12.1 Å². The molecule has 0 aliphatic carbocycles. The second kappa shape index (κ2) is 5.03. The van der Waals surface area contributed by atoms with Crippen molar-refractivity contribution in [2.45, 2.75) is 6.92 Å². The number of nitrogens with two attached hydrogens (primary N) is 1. The lowest BCUT2D eigenvalue weighted by atomic mass is 10.3. The van der Waals surface area contributed by atoms with E-state index in [4.69, 9.17) is 15.2 Å². The Kier molecular flexibility index (Phi) is 3.46. The maximum absolute atomic E-state index is 5.75. The van der Waals surface area contributed by atoms with Crippen LogP contribution >= 0.6 is 0 Å². The molecule has 0 saturated carbocycles. The van der Waals surface area contributed by atoms with Crippen LogP contribution in [0.3, 0.4) is 0 Å². The van der Waals surface area contributed by atoms with Crippen molar-refractivity contribution in [3.8, 4) is 5.88 Å². The first-order chi connectivity index (χ1) is 7.79. The van der Waals surface area contributed by atoms with E-state index in [0.717, 1.165) is 32.0 Å². The molecule has 1 fully saturated rings. The van der Waals surface area contributed by atoms with Crippen molar-refractivity contribution in [1.29, 1.82) is 0 Å². The van der Waals surface area contributed by atoms with Gasteiger partial charge < -0.3 is 20.1 Å². The Balaban J connectivity index is 2.18. The Hall–Kier alpha value is -1.49. The number of hydrogen-bond donors (Lipinski definition) is 1. The molecule has 2 N–H and O–H groups in total. The summed E-state index contributed by atoms with van der Waals surface area (Å²) < 4.78 is 10.7. The average molecular weight is 223 g/mol.